The van der Waals surface area contributed by atoms with Gasteiger partial charge in [0.05, 0.1) is 12.1 Å². The minimum Gasteiger partial charge on any atom is -0.482 e. The van der Waals surface area contributed by atoms with Crippen LogP contribution in [0, 0.1) is 5.82 Å². The number of hydrogen-bond donors (Lipinski definition) is 1. The minimum absolute atomic E-state index is 0.0126. The van der Waals surface area contributed by atoms with Crippen molar-refractivity contribution in [2.75, 3.05) is 6.54 Å². The first kappa shape index (κ1) is 21.1. The number of halogens is 1. The molecule has 5 nitrogen and oxygen atoms in total. The highest BCUT2D eigenvalue weighted by molar-refractivity contribution is 5.98. The molecule has 2 aliphatic rings. The van der Waals surface area contributed by atoms with Crippen molar-refractivity contribution in [3.8, 4) is 0 Å². The number of carbonyl (C=O) groups excluding carboxylic acids is 2. The zero-order chi connectivity index (χ0) is 21.8. The van der Waals surface area contributed by atoms with Gasteiger partial charge in [-0.1, -0.05) is 48.9 Å². The van der Waals surface area contributed by atoms with Crippen LogP contribution in [0.2, 0.25) is 0 Å². The van der Waals surface area contributed by atoms with Crippen molar-refractivity contribution in [2.45, 2.75) is 50.8 Å². The third kappa shape index (κ3) is 4.95. The van der Waals surface area contributed by atoms with Gasteiger partial charge in [-0.15, -0.1) is 0 Å². The molecule has 0 aromatic heterocycles. The second-order valence-corrected chi connectivity index (χ2v) is 8.20. The summed E-state index contributed by atoms with van der Waals surface area (Å²) in [4.78, 5) is 27.7. The van der Waals surface area contributed by atoms with E-state index < -0.39 is 0 Å². The van der Waals surface area contributed by atoms with Crippen LogP contribution in [0.15, 0.2) is 60.4 Å². The lowest BCUT2D eigenvalue weighted by Gasteiger charge is -2.44. The first-order chi connectivity index (χ1) is 15.0. The highest BCUT2D eigenvalue weighted by Crippen LogP contribution is 2.33. The van der Waals surface area contributed by atoms with E-state index in [1.165, 1.54) is 12.1 Å². The van der Waals surface area contributed by atoms with E-state index in [1.54, 1.807) is 23.1 Å². The predicted octanol–water partition coefficient (Wildman–Crippen LogP) is 4.21. The number of ether oxygens (including phenoxy) is 1. The lowest BCUT2D eigenvalue weighted by molar-refractivity contribution is -0.152. The number of hydrogen-bond acceptors (Lipinski definition) is 3. The number of carbonyl (C=O) groups is 2. The molecule has 1 aliphatic carbocycles. The Kier molecular flexibility index (Phi) is 6.35. The summed E-state index contributed by atoms with van der Waals surface area (Å²) < 4.78 is 19.3. The summed E-state index contributed by atoms with van der Waals surface area (Å²) in [5, 5.41) is 3.00. The Morgan fingerprint density at radius 3 is 2.61 bits per heavy atom. The topological polar surface area (TPSA) is 58.6 Å². The van der Waals surface area contributed by atoms with E-state index in [2.05, 4.69) is 5.32 Å². The molecule has 6 heteroatoms. The Morgan fingerprint density at radius 2 is 1.87 bits per heavy atom. The van der Waals surface area contributed by atoms with Crippen molar-refractivity contribution in [3.63, 3.8) is 0 Å². The van der Waals surface area contributed by atoms with Gasteiger partial charge in [0, 0.05) is 0 Å². The Hall–Kier alpha value is -3.15. The number of amides is 2. The lowest BCUT2D eigenvalue weighted by atomic mass is 9.89. The zero-order valence-electron chi connectivity index (χ0n) is 17.6. The summed E-state index contributed by atoms with van der Waals surface area (Å²) in [7, 11) is 0. The summed E-state index contributed by atoms with van der Waals surface area (Å²) in [6, 6.07) is 15.4. The van der Waals surface area contributed by atoms with Crippen molar-refractivity contribution in [1.82, 2.24) is 10.2 Å². The van der Waals surface area contributed by atoms with Crippen LogP contribution in [0.5, 0.6) is 0 Å². The molecule has 31 heavy (non-hydrogen) atoms. The van der Waals surface area contributed by atoms with E-state index in [-0.39, 0.29) is 48.1 Å². The summed E-state index contributed by atoms with van der Waals surface area (Å²) >= 11 is 0. The van der Waals surface area contributed by atoms with Gasteiger partial charge in [0.1, 0.15) is 18.5 Å². The van der Waals surface area contributed by atoms with Crippen LogP contribution >= 0.6 is 0 Å². The van der Waals surface area contributed by atoms with E-state index in [1.807, 2.05) is 37.3 Å². The molecule has 0 spiro atoms. The molecule has 1 saturated carbocycles. The number of morpholine rings is 1. The van der Waals surface area contributed by atoms with Crippen LogP contribution in [0.1, 0.15) is 49.8 Å². The fraction of sp³-hybridized carbons (Fsp3) is 0.360. The number of nitrogens with one attached hydrogen (secondary N) is 1. The number of fused-ring (bicyclic) bond motifs is 1. The smallest absolute Gasteiger partial charge is 0.289 e. The van der Waals surface area contributed by atoms with Crippen molar-refractivity contribution in [3.05, 3.63) is 77.3 Å². The summed E-state index contributed by atoms with van der Waals surface area (Å²) in [6.45, 7) is 1.92. The summed E-state index contributed by atoms with van der Waals surface area (Å²) in [6.07, 6.45) is 5.21. The molecule has 1 heterocycles. The molecule has 2 fully saturated rings. The molecule has 3 atom stereocenters. The van der Waals surface area contributed by atoms with Crippen molar-refractivity contribution >= 4 is 17.9 Å². The number of benzene rings is 2. The second-order valence-electron chi connectivity index (χ2n) is 8.20. The Labute approximate surface area is 181 Å². The number of nitrogens with zero attached hydrogens (tertiary/aromatic N) is 1. The van der Waals surface area contributed by atoms with Gasteiger partial charge in [0.2, 0.25) is 5.91 Å². The third-order valence-electron chi connectivity index (χ3n) is 5.98. The first-order valence-electron chi connectivity index (χ1n) is 10.8. The predicted molar refractivity (Wildman–Crippen MR) is 116 cm³/mol. The summed E-state index contributed by atoms with van der Waals surface area (Å²) in [5.41, 5.74) is 1.69. The maximum Gasteiger partial charge on any atom is 0.289 e. The molecular formula is C25H27FN2O3. The highest BCUT2D eigenvalue weighted by Gasteiger charge is 2.42. The Morgan fingerprint density at radius 1 is 1.16 bits per heavy atom. The van der Waals surface area contributed by atoms with Gasteiger partial charge in [0.25, 0.3) is 5.91 Å². The zero-order valence-corrected chi connectivity index (χ0v) is 17.6. The molecule has 2 aromatic carbocycles. The molecule has 1 N–H and O–H groups in total. The first-order valence-corrected chi connectivity index (χ1v) is 10.8. The largest absolute Gasteiger partial charge is 0.482 e. The van der Waals surface area contributed by atoms with Gasteiger partial charge >= 0.3 is 0 Å². The average molecular weight is 423 g/mol. The fourth-order valence-electron chi connectivity index (χ4n) is 4.34. The van der Waals surface area contributed by atoms with E-state index >= 15 is 0 Å². The Balaban J connectivity index is 1.51. The normalized spacial score (nSPS) is 23.1. The van der Waals surface area contributed by atoms with Gasteiger partial charge in [-0.05, 0) is 55.5 Å². The van der Waals surface area contributed by atoms with E-state index in [0.29, 0.717) is 5.56 Å². The van der Waals surface area contributed by atoms with Gasteiger partial charge < -0.3 is 15.0 Å². The Bertz CT molecular complexity index is 958. The molecule has 2 aromatic rings. The molecule has 2 amide bonds. The fourth-order valence-corrected chi connectivity index (χ4v) is 4.34. The molecule has 0 bridgehead atoms. The van der Waals surface area contributed by atoms with E-state index in [0.717, 1.165) is 31.2 Å². The SMILES string of the molecule is CC(NC(=O)CN1C(=O)/C(=C\c2ccc(F)cc2)OC2CCCCC21)c1ccccc1. The average Bonchev–Trinajstić information content (AvgIpc) is 2.78. The summed E-state index contributed by atoms with van der Waals surface area (Å²) in [5.74, 6) is -0.623. The lowest BCUT2D eigenvalue weighted by Crippen LogP contribution is -2.57. The molecule has 4 rings (SSSR count). The van der Waals surface area contributed by atoms with Crippen LogP contribution in [0.25, 0.3) is 6.08 Å². The van der Waals surface area contributed by atoms with Crippen LogP contribution < -0.4 is 5.32 Å². The van der Waals surface area contributed by atoms with Gasteiger partial charge in [0.15, 0.2) is 5.76 Å². The monoisotopic (exact) mass is 422 g/mol. The van der Waals surface area contributed by atoms with Crippen LogP contribution in [0.4, 0.5) is 4.39 Å². The molecular weight excluding hydrogens is 395 g/mol. The van der Waals surface area contributed by atoms with Crippen molar-refractivity contribution in [1.29, 1.82) is 0 Å². The second kappa shape index (κ2) is 9.33. The van der Waals surface area contributed by atoms with Crippen LogP contribution in [-0.2, 0) is 14.3 Å². The maximum atomic E-state index is 13.2. The maximum absolute atomic E-state index is 13.2. The van der Waals surface area contributed by atoms with Crippen LogP contribution in [0.3, 0.4) is 0 Å². The van der Waals surface area contributed by atoms with Crippen molar-refractivity contribution in [2.24, 2.45) is 0 Å². The standard InChI is InChI=1S/C25H27FN2O3/c1-17(19-7-3-2-4-8-19)27-24(29)16-28-21-9-5-6-10-22(21)31-23(25(28)30)15-18-11-13-20(26)14-12-18/h2-4,7-8,11-15,17,21-22H,5-6,9-10,16H2,1H3,(H,27,29)/b23-15+. The highest BCUT2D eigenvalue weighted by atomic mass is 19.1. The van der Waals surface area contributed by atoms with Crippen LogP contribution in [-0.4, -0.2) is 35.4 Å². The van der Waals surface area contributed by atoms with Crippen molar-refractivity contribution < 1.29 is 18.7 Å². The molecule has 3 unspecified atom stereocenters. The molecule has 1 aliphatic heterocycles. The third-order valence-corrected chi connectivity index (χ3v) is 5.98. The van der Waals surface area contributed by atoms with Gasteiger partial charge in [-0.2, -0.15) is 0 Å². The quantitative estimate of drug-likeness (QED) is 0.735. The minimum atomic E-state index is -0.337. The molecule has 1 saturated heterocycles. The molecule has 0 radical (unpaired) electrons. The van der Waals surface area contributed by atoms with E-state index in [4.69, 9.17) is 4.74 Å². The van der Waals surface area contributed by atoms with Gasteiger partial charge in [-0.3, -0.25) is 9.59 Å². The molecule has 162 valence electrons. The van der Waals surface area contributed by atoms with E-state index in [9.17, 15) is 14.0 Å². The number of rotatable bonds is 5. The van der Waals surface area contributed by atoms with Gasteiger partial charge in [-0.25, -0.2) is 4.39 Å².